The number of allylic oxidation sites excluding steroid dienone is 8. The molecule has 0 aromatic heterocycles. The minimum atomic E-state index is 0.572. The summed E-state index contributed by atoms with van der Waals surface area (Å²) in [6.07, 6.45) is 2.57. The summed E-state index contributed by atoms with van der Waals surface area (Å²) in [5.74, 6) is 10.0. The van der Waals surface area contributed by atoms with Crippen molar-refractivity contribution in [3.05, 3.63) is 44.4 Å². The van der Waals surface area contributed by atoms with Gasteiger partial charge in [0, 0.05) is 0 Å². The van der Waals surface area contributed by atoms with E-state index in [-0.39, 0.29) is 0 Å². The average molecular weight is 594 g/mol. The van der Waals surface area contributed by atoms with Gasteiger partial charge in [-0.1, -0.05) is 147 Å². The van der Waals surface area contributed by atoms with Crippen LogP contribution in [0.1, 0.15) is 131 Å². The van der Waals surface area contributed by atoms with Crippen molar-refractivity contribution in [2.45, 2.75) is 172 Å². The molecule has 0 nitrogen and oxygen atoms in total. The van der Waals surface area contributed by atoms with E-state index < -0.39 is 0 Å². The Morgan fingerprint density at radius 2 is 0.841 bits per heavy atom. The van der Waals surface area contributed by atoms with Crippen LogP contribution in [0.4, 0.5) is 0 Å². The maximum atomic E-state index is 2.56. The summed E-state index contributed by atoms with van der Waals surface area (Å²) in [5, 5.41) is 0. The third-order valence-corrected chi connectivity index (χ3v) is 15.7. The number of hydrogen-bond donors (Lipinski definition) is 0. The summed E-state index contributed by atoms with van der Waals surface area (Å²) < 4.78 is 0. The molecule has 0 amide bonds. The first-order valence-electron chi connectivity index (χ1n) is 18.8. The quantitative estimate of drug-likeness (QED) is 0.284. The van der Waals surface area contributed by atoms with Crippen LogP contribution in [0.25, 0.3) is 0 Å². The Morgan fingerprint density at radius 1 is 0.455 bits per heavy atom. The molecule has 0 aromatic carbocycles. The molecule has 0 N–H and O–H groups in total. The Morgan fingerprint density at radius 3 is 1.25 bits per heavy atom. The van der Waals surface area contributed by atoms with E-state index in [1.165, 1.54) is 39.5 Å². The molecule has 0 saturated carbocycles. The van der Waals surface area contributed by atoms with E-state index in [2.05, 4.69) is 139 Å². The minimum absolute atomic E-state index is 0.572. The van der Waals surface area contributed by atoms with Crippen molar-refractivity contribution < 1.29 is 0 Å². The molecular formula is C40H70B4. The van der Waals surface area contributed by atoms with Gasteiger partial charge in [0.15, 0.2) is 14.6 Å². The summed E-state index contributed by atoms with van der Waals surface area (Å²) in [5.41, 5.74) is 12.1. The van der Waals surface area contributed by atoms with Crippen LogP contribution in [-0.4, -0.2) is 28.0 Å². The lowest BCUT2D eigenvalue weighted by Gasteiger charge is -2.50. The lowest BCUT2D eigenvalue weighted by atomic mass is 9.12. The van der Waals surface area contributed by atoms with Gasteiger partial charge in [0.1, 0.15) is 13.4 Å². The van der Waals surface area contributed by atoms with Crippen molar-refractivity contribution in [1.82, 2.24) is 0 Å². The van der Waals surface area contributed by atoms with Gasteiger partial charge >= 0.3 is 0 Å². The molecule has 242 valence electrons. The zero-order valence-electron chi connectivity index (χ0n) is 32.7. The number of hydrogen-bond acceptors (Lipinski definition) is 0. The van der Waals surface area contributed by atoms with Crippen LogP contribution in [0, 0.1) is 35.5 Å². The molecule has 2 radical (unpaired) electrons. The summed E-state index contributed by atoms with van der Waals surface area (Å²) in [6.45, 7) is 45.5. The molecule has 2 fully saturated rings. The lowest BCUT2D eigenvalue weighted by molar-refractivity contribution is 0.233. The summed E-state index contributed by atoms with van der Waals surface area (Å²) in [6, 6.07) is 0. The van der Waals surface area contributed by atoms with Crippen LogP contribution < -0.4 is 0 Å². The second-order valence-electron chi connectivity index (χ2n) is 17.2. The number of rotatable bonds is 4. The molecule has 4 heteroatoms. The van der Waals surface area contributed by atoms with Crippen LogP contribution in [0.2, 0.25) is 41.1 Å². The van der Waals surface area contributed by atoms with Crippen molar-refractivity contribution in [1.29, 1.82) is 0 Å². The van der Waals surface area contributed by atoms with Gasteiger partial charge in [-0.05, 0) is 93.8 Å². The molecule has 10 unspecified atom stereocenters. The van der Waals surface area contributed by atoms with Gasteiger partial charge in [-0.25, -0.2) is 0 Å². The fourth-order valence-corrected chi connectivity index (χ4v) is 10.1. The largest absolute Gasteiger partial charge is 0.155 e. The predicted molar refractivity (Wildman–Crippen MR) is 206 cm³/mol. The molecule has 0 spiro atoms. The highest BCUT2D eigenvalue weighted by Gasteiger charge is 2.49. The molecule has 4 rings (SSSR count). The van der Waals surface area contributed by atoms with Gasteiger partial charge < -0.3 is 0 Å². The normalized spacial score (nSPS) is 40.1. The van der Waals surface area contributed by atoms with E-state index in [0.29, 0.717) is 11.6 Å². The molecule has 0 bridgehead atoms. The van der Waals surface area contributed by atoms with E-state index in [1.54, 1.807) is 11.1 Å². The van der Waals surface area contributed by atoms with E-state index in [0.717, 1.165) is 78.6 Å². The van der Waals surface area contributed by atoms with Crippen molar-refractivity contribution in [2.75, 3.05) is 0 Å². The van der Waals surface area contributed by atoms with Gasteiger partial charge in [-0.3, -0.25) is 0 Å². The van der Waals surface area contributed by atoms with E-state index >= 15 is 0 Å². The fraction of sp³-hybridized carbons (Fsp3) is 0.800. The Kier molecular flexibility index (Phi) is 12.8. The first kappa shape index (κ1) is 37.7. The monoisotopic (exact) mass is 595 g/mol. The minimum Gasteiger partial charge on any atom is -0.108 e. The highest BCUT2D eigenvalue weighted by Crippen LogP contribution is 2.53. The highest BCUT2D eigenvalue weighted by atomic mass is 14.4. The van der Waals surface area contributed by atoms with Crippen LogP contribution in [-0.2, 0) is 0 Å². The van der Waals surface area contributed by atoms with Crippen molar-refractivity contribution in [2.24, 2.45) is 35.5 Å². The van der Waals surface area contributed by atoms with Crippen molar-refractivity contribution in [3.8, 4) is 0 Å². The van der Waals surface area contributed by atoms with E-state index in [4.69, 9.17) is 0 Å². The molecule has 4 heterocycles. The average Bonchev–Trinajstić information content (AvgIpc) is 2.99. The molecule has 4 aliphatic rings. The molecule has 0 aliphatic carbocycles. The van der Waals surface area contributed by atoms with Gasteiger partial charge in [-0.15, -0.1) is 10.9 Å². The standard InChI is InChI=1S/C21H42B2.C19H28B2/c1-12-14(3)18(7)22(19(8)15(12)4)11-23-20(9)16(5)13(2)17(6)21(23)10;1-10-11(2)15(6)21-19(12(10)3)9-18-13(4)16(7)20-17(8)14(18)5/h12-21H,11H2,1-10H3;15-16H,9H2,1-8H3. The fourth-order valence-electron chi connectivity index (χ4n) is 10.1. The van der Waals surface area contributed by atoms with Gasteiger partial charge in [0.05, 0.1) is 0 Å². The summed E-state index contributed by atoms with van der Waals surface area (Å²) in [4.78, 5) is 0. The van der Waals surface area contributed by atoms with Crippen LogP contribution >= 0.6 is 0 Å². The highest BCUT2D eigenvalue weighted by molar-refractivity contribution is 6.80. The van der Waals surface area contributed by atoms with Crippen molar-refractivity contribution in [3.63, 3.8) is 0 Å². The van der Waals surface area contributed by atoms with Crippen LogP contribution in [0.3, 0.4) is 0 Å². The Bertz CT molecular complexity index is 1090. The van der Waals surface area contributed by atoms with Gasteiger partial charge in [0.25, 0.3) is 0 Å². The van der Waals surface area contributed by atoms with Gasteiger partial charge in [0.2, 0.25) is 0 Å². The van der Waals surface area contributed by atoms with Crippen molar-refractivity contribution >= 4 is 28.0 Å². The van der Waals surface area contributed by atoms with Crippen LogP contribution in [0.5, 0.6) is 0 Å². The SMILES string of the molecule is CC1=C(C)C(CC2=C(C)C(C)=C(C)C(C)[B]2)=C(C)C(C)[B]1.CC1B(CB2C(C)C(C)C(C)C(C)C2C)C(C)C(C)C(C)C1C. The molecular weight excluding hydrogens is 524 g/mol. The molecule has 2 saturated heterocycles. The maximum Gasteiger partial charge on any atom is 0.155 e. The maximum absolute atomic E-state index is 2.56. The molecule has 4 aliphatic heterocycles. The molecule has 44 heavy (non-hydrogen) atoms. The molecule has 10 atom stereocenters. The Balaban J connectivity index is 0.000000241. The third-order valence-electron chi connectivity index (χ3n) is 15.7. The second kappa shape index (κ2) is 15.0. The zero-order chi connectivity index (χ0) is 33.5. The summed E-state index contributed by atoms with van der Waals surface area (Å²) in [7, 11) is 4.88. The van der Waals surface area contributed by atoms with Crippen LogP contribution in [0.15, 0.2) is 44.4 Å². The molecule has 0 aromatic rings. The van der Waals surface area contributed by atoms with E-state index in [1.807, 2.05) is 0 Å². The van der Waals surface area contributed by atoms with Gasteiger partial charge in [-0.2, -0.15) is 0 Å². The first-order valence-corrected chi connectivity index (χ1v) is 18.8. The Hall–Kier alpha value is -0.780. The topological polar surface area (TPSA) is 0 Å². The zero-order valence-corrected chi connectivity index (χ0v) is 32.7. The Labute approximate surface area is 279 Å². The second-order valence-corrected chi connectivity index (χ2v) is 17.2. The first-order chi connectivity index (χ1) is 20.3. The third kappa shape index (κ3) is 7.35. The summed E-state index contributed by atoms with van der Waals surface area (Å²) >= 11 is 0. The lowest BCUT2D eigenvalue weighted by Crippen LogP contribution is -2.49. The smallest absolute Gasteiger partial charge is 0.108 e. The van der Waals surface area contributed by atoms with E-state index in [9.17, 15) is 0 Å². The predicted octanol–water partition coefficient (Wildman–Crippen LogP) is 12.6.